The molecule has 1 aromatic carbocycles. The first-order valence-electron chi connectivity index (χ1n) is 7.71. The molecule has 2 aliphatic rings. The largest absolute Gasteiger partial charge is 0.376 e. The van der Waals surface area contributed by atoms with Gasteiger partial charge in [0.05, 0.1) is 12.1 Å². The third kappa shape index (κ3) is 2.70. The molecule has 0 aliphatic heterocycles. The minimum absolute atomic E-state index is 0.0498. The maximum atomic E-state index is 6.39. The van der Waals surface area contributed by atoms with Gasteiger partial charge in [0.1, 0.15) is 0 Å². The summed E-state index contributed by atoms with van der Waals surface area (Å²) in [5.41, 5.74) is 9.09. The van der Waals surface area contributed by atoms with E-state index in [1.54, 1.807) is 0 Å². The summed E-state index contributed by atoms with van der Waals surface area (Å²) >= 11 is 0. The topological polar surface area (TPSA) is 35.2 Å². The Bertz CT molecular complexity index is 427. The fourth-order valence-corrected chi connectivity index (χ4v) is 3.42. The van der Waals surface area contributed by atoms with Crippen LogP contribution in [-0.2, 0) is 4.74 Å². The zero-order valence-corrected chi connectivity index (χ0v) is 11.8. The molecular formula is C17H25NO. The highest BCUT2D eigenvalue weighted by Crippen LogP contribution is 2.38. The number of fused-ring (bicyclic) bond motifs is 1. The Morgan fingerprint density at radius 1 is 1.21 bits per heavy atom. The third-order valence-corrected chi connectivity index (χ3v) is 4.96. The molecule has 1 fully saturated rings. The monoisotopic (exact) mass is 259 g/mol. The van der Waals surface area contributed by atoms with Crippen molar-refractivity contribution >= 4 is 0 Å². The number of hydrogen-bond acceptors (Lipinski definition) is 2. The Hall–Kier alpha value is -0.860. The van der Waals surface area contributed by atoms with E-state index >= 15 is 0 Å². The summed E-state index contributed by atoms with van der Waals surface area (Å²) < 4.78 is 6.10. The Labute approximate surface area is 116 Å². The standard InChI is InChI=1S/C17H25NO/c1-12-11-16(19-10-9-13-5-4-6-13)17(18)15-8-3-2-7-14(12)15/h2-3,7-8,12-13,16-17H,4-6,9-11,18H2,1H3. The van der Waals surface area contributed by atoms with Gasteiger partial charge in [-0.15, -0.1) is 0 Å². The van der Waals surface area contributed by atoms with E-state index in [1.807, 2.05) is 0 Å². The number of rotatable bonds is 4. The first kappa shape index (κ1) is 13.1. The van der Waals surface area contributed by atoms with Crippen molar-refractivity contribution in [3.8, 4) is 0 Å². The molecule has 0 saturated heterocycles. The summed E-state index contributed by atoms with van der Waals surface area (Å²) in [6, 6.07) is 8.62. The minimum Gasteiger partial charge on any atom is -0.376 e. The molecule has 0 aromatic heterocycles. The van der Waals surface area contributed by atoms with Crippen molar-refractivity contribution in [2.24, 2.45) is 11.7 Å². The smallest absolute Gasteiger partial charge is 0.0773 e. The molecule has 104 valence electrons. The molecule has 0 spiro atoms. The lowest BCUT2D eigenvalue weighted by molar-refractivity contribution is 0.00881. The van der Waals surface area contributed by atoms with Crippen molar-refractivity contribution in [1.29, 1.82) is 0 Å². The van der Waals surface area contributed by atoms with Crippen molar-refractivity contribution in [3.63, 3.8) is 0 Å². The lowest BCUT2D eigenvalue weighted by Gasteiger charge is -2.35. The van der Waals surface area contributed by atoms with Crippen LogP contribution in [0.4, 0.5) is 0 Å². The first-order valence-corrected chi connectivity index (χ1v) is 7.71. The molecule has 0 bridgehead atoms. The van der Waals surface area contributed by atoms with E-state index in [2.05, 4.69) is 31.2 Å². The van der Waals surface area contributed by atoms with E-state index < -0.39 is 0 Å². The van der Waals surface area contributed by atoms with Crippen LogP contribution >= 0.6 is 0 Å². The van der Waals surface area contributed by atoms with Crippen molar-refractivity contribution in [3.05, 3.63) is 35.4 Å². The van der Waals surface area contributed by atoms with E-state index in [4.69, 9.17) is 10.5 Å². The molecule has 0 radical (unpaired) electrons. The molecule has 3 unspecified atom stereocenters. The molecule has 3 atom stereocenters. The molecule has 2 nitrogen and oxygen atoms in total. The van der Waals surface area contributed by atoms with Gasteiger partial charge in [0.25, 0.3) is 0 Å². The van der Waals surface area contributed by atoms with Gasteiger partial charge >= 0.3 is 0 Å². The Morgan fingerprint density at radius 3 is 2.63 bits per heavy atom. The highest BCUT2D eigenvalue weighted by molar-refractivity contribution is 5.35. The summed E-state index contributed by atoms with van der Waals surface area (Å²) in [6.07, 6.45) is 6.70. The molecule has 2 heteroatoms. The highest BCUT2D eigenvalue weighted by Gasteiger charge is 2.31. The van der Waals surface area contributed by atoms with Gasteiger partial charge in [-0.2, -0.15) is 0 Å². The molecule has 2 N–H and O–H groups in total. The summed E-state index contributed by atoms with van der Waals surface area (Å²) in [7, 11) is 0. The summed E-state index contributed by atoms with van der Waals surface area (Å²) in [6.45, 7) is 3.17. The fraction of sp³-hybridized carbons (Fsp3) is 0.647. The maximum absolute atomic E-state index is 6.39. The average Bonchev–Trinajstić information content (AvgIpc) is 2.38. The zero-order valence-electron chi connectivity index (χ0n) is 11.8. The number of ether oxygens (including phenoxy) is 1. The lowest BCUT2D eigenvalue weighted by Crippen LogP contribution is -2.35. The van der Waals surface area contributed by atoms with Gasteiger partial charge in [0, 0.05) is 6.61 Å². The van der Waals surface area contributed by atoms with Gasteiger partial charge in [-0.25, -0.2) is 0 Å². The van der Waals surface area contributed by atoms with Crippen LogP contribution in [0.25, 0.3) is 0 Å². The lowest BCUT2D eigenvalue weighted by atomic mass is 9.79. The fourth-order valence-electron chi connectivity index (χ4n) is 3.42. The van der Waals surface area contributed by atoms with Crippen LogP contribution in [0.3, 0.4) is 0 Å². The molecule has 19 heavy (non-hydrogen) atoms. The molecule has 2 aliphatic carbocycles. The van der Waals surface area contributed by atoms with Gasteiger partial charge in [-0.3, -0.25) is 0 Å². The second-order valence-corrected chi connectivity index (χ2v) is 6.29. The van der Waals surface area contributed by atoms with E-state index in [0.717, 1.165) is 18.9 Å². The van der Waals surface area contributed by atoms with Crippen LogP contribution in [0.1, 0.15) is 62.1 Å². The normalized spacial score (nSPS) is 30.7. The van der Waals surface area contributed by atoms with Gasteiger partial charge in [-0.05, 0) is 35.8 Å². The quantitative estimate of drug-likeness (QED) is 0.893. The van der Waals surface area contributed by atoms with E-state index in [0.29, 0.717) is 5.92 Å². The van der Waals surface area contributed by atoms with Crippen LogP contribution in [-0.4, -0.2) is 12.7 Å². The van der Waals surface area contributed by atoms with Crippen LogP contribution in [0.2, 0.25) is 0 Å². The van der Waals surface area contributed by atoms with E-state index in [9.17, 15) is 0 Å². The van der Waals surface area contributed by atoms with Gasteiger partial charge < -0.3 is 10.5 Å². The molecular weight excluding hydrogens is 234 g/mol. The van der Waals surface area contributed by atoms with Crippen molar-refractivity contribution in [1.82, 2.24) is 0 Å². The van der Waals surface area contributed by atoms with Crippen molar-refractivity contribution < 1.29 is 4.74 Å². The predicted octanol–water partition coefficient (Wildman–Crippen LogP) is 3.77. The Kier molecular flexibility index (Phi) is 3.90. The summed E-state index contributed by atoms with van der Waals surface area (Å²) in [4.78, 5) is 0. The molecule has 0 amide bonds. The first-order chi connectivity index (χ1) is 9.25. The SMILES string of the molecule is CC1CC(OCCC2CCC2)C(N)c2ccccc21. The molecule has 3 rings (SSSR count). The average molecular weight is 259 g/mol. The van der Waals surface area contributed by atoms with Crippen LogP contribution < -0.4 is 5.73 Å². The van der Waals surface area contributed by atoms with Crippen molar-refractivity contribution in [2.75, 3.05) is 6.61 Å². The zero-order chi connectivity index (χ0) is 13.2. The highest BCUT2D eigenvalue weighted by atomic mass is 16.5. The van der Waals surface area contributed by atoms with Crippen LogP contribution in [0, 0.1) is 5.92 Å². The number of benzene rings is 1. The minimum atomic E-state index is 0.0498. The number of nitrogens with two attached hydrogens (primary N) is 1. The Morgan fingerprint density at radius 2 is 1.95 bits per heavy atom. The van der Waals surface area contributed by atoms with E-state index in [-0.39, 0.29) is 12.1 Å². The third-order valence-electron chi connectivity index (χ3n) is 4.96. The molecule has 1 aromatic rings. The molecule has 0 heterocycles. The Balaban J connectivity index is 1.61. The van der Waals surface area contributed by atoms with Gasteiger partial charge in [0.15, 0.2) is 0 Å². The second kappa shape index (κ2) is 5.64. The van der Waals surface area contributed by atoms with Crippen molar-refractivity contribution in [2.45, 2.75) is 57.1 Å². The molecule has 1 saturated carbocycles. The van der Waals surface area contributed by atoms with Crippen LogP contribution in [0.5, 0.6) is 0 Å². The van der Waals surface area contributed by atoms with Gasteiger partial charge in [0.2, 0.25) is 0 Å². The maximum Gasteiger partial charge on any atom is 0.0773 e. The predicted molar refractivity (Wildman–Crippen MR) is 78.1 cm³/mol. The van der Waals surface area contributed by atoms with E-state index in [1.165, 1.54) is 36.8 Å². The summed E-state index contributed by atoms with van der Waals surface area (Å²) in [5.74, 6) is 1.48. The van der Waals surface area contributed by atoms with Crippen LogP contribution in [0.15, 0.2) is 24.3 Å². The second-order valence-electron chi connectivity index (χ2n) is 6.29. The number of hydrogen-bond donors (Lipinski definition) is 1. The summed E-state index contributed by atoms with van der Waals surface area (Å²) in [5, 5.41) is 0. The van der Waals surface area contributed by atoms with Gasteiger partial charge in [-0.1, -0.05) is 50.5 Å².